The van der Waals surface area contributed by atoms with Crippen LogP contribution in [0.3, 0.4) is 0 Å². The van der Waals surface area contributed by atoms with E-state index in [0.29, 0.717) is 41.1 Å². The highest BCUT2D eigenvalue weighted by Gasteiger charge is 2.29. The van der Waals surface area contributed by atoms with Crippen LogP contribution >= 0.6 is 0 Å². The summed E-state index contributed by atoms with van der Waals surface area (Å²) in [4.78, 5) is 0. The number of rotatable bonds is 13. The number of benzene rings is 4. The van der Waals surface area contributed by atoms with Gasteiger partial charge in [-0.25, -0.2) is 0 Å². The van der Waals surface area contributed by atoms with E-state index in [-0.39, 0.29) is 18.4 Å². The number of aliphatic hydroxyl groups is 1. The molecule has 40 heavy (non-hydrogen) atoms. The first-order valence-electron chi connectivity index (χ1n) is 13.0. The second kappa shape index (κ2) is 13.6. The molecular weight excluding hydrogens is 508 g/mol. The first-order chi connectivity index (χ1) is 19.6. The van der Waals surface area contributed by atoms with Gasteiger partial charge in [0.15, 0.2) is 34.5 Å². The monoisotopic (exact) mass is 544 g/mol. The van der Waals surface area contributed by atoms with Crippen LogP contribution in [0.2, 0.25) is 0 Å². The van der Waals surface area contributed by atoms with E-state index in [1.165, 1.54) is 0 Å². The molecule has 1 atom stereocenters. The maximum atomic E-state index is 10.8. The third-order valence-corrected chi connectivity index (χ3v) is 6.99. The minimum absolute atomic E-state index is 0.124. The summed E-state index contributed by atoms with van der Waals surface area (Å²) in [6, 6.07) is 27.3. The fraction of sp³-hybridized carbons (Fsp3) is 0.273. The SMILES string of the molecule is COc1ccc(C(c2ccc(OC)c(OC)c2)C(CO)c2ccc(OCc3ccccc3)c(OC)c2)cc1OC. The van der Waals surface area contributed by atoms with Gasteiger partial charge >= 0.3 is 0 Å². The van der Waals surface area contributed by atoms with Crippen LogP contribution in [-0.4, -0.2) is 47.3 Å². The zero-order valence-electron chi connectivity index (χ0n) is 23.5. The molecule has 0 saturated heterocycles. The van der Waals surface area contributed by atoms with E-state index in [1.54, 1.807) is 35.5 Å². The molecule has 0 heterocycles. The van der Waals surface area contributed by atoms with E-state index in [4.69, 9.17) is 28.4 Å². The molecule has 0 saturated carbocycles. The van der Waals surface area contributed by atoms with Gasteiger partial charge in [-0.3, -0.25) is 0 Å². The smallest absolute Gasteiger partial charge is 0.161 e. The summed E-state index contributed by atoms with van der Waals surface area (Å²) in [6.07, 6.45) is 0. The predicted molar refractivity (Wildman–Crippen MR) is 155 cm³/mol. The van der Waals surface area contributed by atoms with Crippen molar-refractivity contribution in [3.05, 3.63) is 107 Å². The molecule has 0 radical (unpaired) electrons. The molecular formula is C33H36O7. The van der Waals surface area contributed by atoms with Crippen molar-refractivity contribution >= 4 is 0 Å². The molecule has 0 bridgehead atoms. The lowest BCUT2D eigenvalue weighted by Gasteiger charge is -2.29. The van der Waals surface area contributed by atoms with Gasteiger partial charge in [-0.2, -0.15) is 0 Å². The van der Waals surface area contributed by atoms with Gasteiger partial charge in [-0.1, -0.05) is 48.5 Å². The molecule has 0 aliphatic carbocycles. The number of ether oxygens (including phenoxy) is 6. The van der Waals surface area contributed by atoms with E-state index in [2.05, 4.69) is 0 Å². The van der Waals surface area contributed by atoms with Crippen molar-refractivity contribution in [1.82, 2.24) is 0 Å². The zero-order valence-corrected chi connectivity index (χ0v) is 23.5. The number of hydrogen-bond acceptors (Lipinski definition) is 7. The zero-order chi connectivity index (χ0) is 28.5. The molecule has 7 heteroatoms. The van der Waals surface area contributed by atoms with Crippen LogP contribution in [0.5, 0.6) is 34.5 Å². The molecule has 0 aromatic heterocycles. The van der Waals surface area contributed by atoms with E-state index in [1.807, 2.05) is 84.9 Å². The Morgan fingerprint density at radius 2 is 0.975 bits per heavy atom. The molecule has 0 aliphatic heterocycles. The quantitative estimate of drug-likeness (QED) is 0.214. The van der Waals surface area contributed by atoms with Gasteiger partial charge in [-0.05, 0) is 58.7 Å². The van der Waals surface area contributed by atoms with Gasteiger partial charge in [0.2, 0.25) is 0 Å². The van der Waals surface area contributed by atoms with Gasteiger partial charge in [-0.15, -0.1) is 0 Å². The maximum absolute atomic E-state index is 10.8. The largest absolute Gasteiger partial charge is 0.493 e. The average molecular weight is 545 g/mol. The molecule has 1 unspecified atom stereocenters. The minimum atomic E-state index is -0.340. The van der Waals surface area contributed by atoms with E-state index in [9.17, 15) is 5.11 Å². The van der Waals surface area contributed by atoms with Crippen LogP contribution in [0.1, 0.15) is 34.1 Å². The summed E-state index contributed by atoms with van der Waals surface area (Å²) in [5.41, 5.74) is 3.82. The summed E-state index contributed by atoms with van der Waals surface area (Å²) in [5, 5.41) is 10.8. The summed E-state index contributed by atoms with van der Waals surface area (Å²) >= 11 is 0. The second-order valence-corrected chi connectivity index (χ2v) is 9.18. The van der Waals surface area contributed by atoms with Gasteiger partial charge in [0.1, 0.15) is 6.61 Å². The minimum Gasteiger partial charge on any atom is -0.493 e. The van der Waals surface area contributed by atoms with Crippen molar-refractivity contribution in [2.24, 2.45) is 0 Å². The molecule has 210 valence electrons. The molecule has 0 amide bonds. The van der Waals surface area contributed by atoms with Crippen molar-refractivity contribution in [1.29, 1.82) is 0 Å². The highest BCUT2D eigenvalue weighted by Crippen LogP contribution is 2.45. The van der Waals surface area contributed by atoms with Gasteiger partial charge < -0.3 is 33.5 Å². The molecule has 0 aliphatic rings. The number of aliphatic hydroxyl groups excluding tert-OH is 1. The Morgan fingerprint density at radius 1 is 0.525 bits per heavy atom. The molecule has 0 fully saturated rings. The predicted octanol–water partition coefficient (Wildman–Crippen LogP) is 6.22. The van der Waals surface area contributed by atoms with Gasteiger partial charge in [0.25, 0.3) is 0 Å². The van der Waals surface area contributed by atoms with Crippen molar-refractivity contribution in [2.75, 3.05) is 42.2 Å². The van der Waals surface area contributed by atoms with Crippen LogP contribution in [0.4, 0.5) is 0 Å². The second-order valence-electron chi connectivity index (χ2n) is 9.18. The highest BCUT2D eigenvalue weighted by atomic mass is 16.5. The Morgan fingerprint density at radius 3 is 1.48 bits per heavy atom. The fourth-order valence-electron chi connectivity index (χ4n) is 4.92. The summed E-state index contributed by atoms with van der Waals surface area (Å²) in [6.45, 7) is 0.292. The van der Waals surface area contributed by atoms with Crippen molar-refractivity contribution in [3.63, 3.8) is 0 Å². The van der Waals surface area contributed by atoms with Gasteiger partial charge in [0, 0.05) is 11.8 Å². The first-order valence-corrected chi connectivity index (χ1v) is 13.0. The van der Waals surface area contributed by atoms with Crippen LogP contribution in [0.15, 0.2) is 84.9 Å². The van der Waals surface area contributed by atoms with E-state index in [0.717, 1.165) is 22.3 Å². The molecule has 1 N–H and O–H groups in total. The first kappa shape index (κ1) is 28.6. The van der Waals surface area contributed by atoms with Crippen LogP contribution < -0.4 is 28.4 Å². The Labute approximate surface area is 235 Å². The summed E-state index contributed by atoms with van der Waals surface area (Å²) in [5.74, 6) is 3.05. The summed E-state index contributed by atoms with van der Waals surface area (Å²) < 4.78 is 34.0. The molecule has 4 aromatic rings. The van der Waals surface area contributed by atoms with Crippen LogP contribution in [0, 0.1) is 0 Å². The Hall–Kier alpha value is -4.36. The van der Waals surface area contributed by atoms with Crippen molar-refractivity contribution < 1.29 is 33.5 Å². The summed E-state index contributed by atoms with van der Waals surface area (Å²) in [7, 11) is 8.04. The van der Waals surface area contributed by atoms with Gasteiger partial charge in [0.05, 0.1) is 42.2 Å². The van der Waals surface area contributed by atoms with Crippen LogP contribution in [-0.2, 0) is 6.61 Å². The normalized spacial score (nSPS) is 11.6. The maximum Gasteiger partial charge on any atom is 0.161 e. The topological polar surface area (TPSA) is 75.6 Å². The number of methoxy groups -OCH3 is 5. The third-order valence-electron chi connectivity index (χ3n) is 6.99. The fourth-order valence-corrected chi connectivity index (χ4v) is 4.92. The Balaban J connectivity index is 1.78. The number of hydrogen-bond donors (Lipinski definition) is 1. The lowest BCUT2D eigenvalue weighted by atomic mass is 9.77. The lowest BCUT2D eigenvalue weighted by molar-refractivity contribution is 0.253. The highest BCUT2D eigenvalue weighted by molar-refractivity contribution is 5.52. The molecule has 4 aromatic carbocycles. The molecule has 0 spiro atoms. The molecule has 7 nitrogen and oxygen atoms in total. The average Bonchev–Trinajstić information content (AvgIpc) is 3.02. The lowest BCUT2D eigenvalue weighted by Crippen LogP contribution is -2.17. The Kier molecular flexibility index (Phi) is 9.76. The Bertz CT molecular complexity index is 1330. The molecule has 4 rings (SSSR count). The van der Waals surface area contributed by atoms with Crippen molar-refractivity contribution in [3.8, 4) is 34.5 Å². The van der Waals surface area contributed by atoms with E-state index < -0.39 is 0 Å². The van der Waals surface area contributed by atoms with Crippen LogP contribution in [0.25, 0.3) is 0 Å². The van der Waals surface area contributed by atoms with Crippen molar-refractivity contribution in [2.45, 2.75) is 18.4 Å². The third kappa shape index (κ3) is 6.26. The van der Waals surface area contributed by atoms with E-state index >= 15 is 0 Å². The standard InChI is InChI=1S/C33H36O7/c1-35-27-14-12-24(18-30(27)37-3)33(25-13-15-28(36-2)31(19-25)38-4)26(20-34)23-11-16-29(32(17-23)39-5)40-21-22-9-7-6-8-10-22/h6-19,26,33-34H,20-21H2,1-5H3.